The van der Waals surface area contributed by atoms with Crippen LogP contribution in [0, 0.1) is 0 Å². The van der Waals surface area contributed by atoms with Gasteiger partial charge in [0.2, 0.25) is 0 Å². The average Bonchev–Trinajstić information content (AvgIpc) is 2.65. The van der Waals surface area contributed by atoms with Gasteiger partial charge >= 0.3 is 0 Å². The predicted octanol–water partition coefficient (Wildman–Crippen LogP) is 0.616. The highest BCUT2D eigenvalue weighted by Gasteiger charge is 2.16. The lowest BCUT2D eigenvalue weighted by Gasteiger charge is -2.06. The lowest BCUT2D eigenvalue weighted by Crippen LogP contribution is -2.14. The zero-order valence-electron chi connectivity index (χ0n) is 8.10. The molecule has 4 N–H and O–H groups in total. The summed E-state index contributed by atoms with van der Waals surface area (Å²) in [5.41, 5.74) is 7.07. The van der Waals surface area contributed by atoms with Crippen LogP contribution in [0.1, 0.15) is 11.1 Å². The first-order valence-corrected chi connectivity index (χ1v) is 4.64. The molecule has 1 aromatic rings. The molecule has 0 radical (unpaired) electrons. The quantitative estimate of drug-likeness (QED) is 0.287. The smallest absolute Gasteiger partial charge is 0.143 e. The lowest BCUT2D eigenvalue weighted by molar-refractivity contribution is 0.317. The fourth-order valence-corrected chi connectivity index (χ4v) is 1.64. The van der Waals surface area contributed by atoms with Crippen molar-refractivity contribution < 1.29 is 15.1 Å². The Labute approximate surface area is 86.8 Å². The molecule has 1 aromatic carbocycles. The van der Waals surface area contributed by atoms with Crippen molar-refractivity contribution in [2.45, 2.75) is 12.8 Å². The van der Waals surface area contributed by atoms with Gasteiger partial charge in [0.25, 0.3) is 0 Å². The normalized spacial score (nSPS) is 14.8. The van der Waals surface area contributed by atoms with E-state index in [0.29, 0.717) is 12.2 Å². The predicted molar refractivity (Wildman–Crippen MR) is 54.4 cm³/mol. The van der Waals surface area contributed by atoms with Gasteiger partial charge < -0.3 is 20.8 Å². The van der Waals surface area contributed by atoms with Gasteiger partial charge in [0.05, 0.1) is 6.61 Å². The third-order valence-electron chi connectivity index (χ3n) is 2.39. The molecule has 15 heavy (non-hydrogen) atoms. The van der Waals surface area contributed by atoms with Gasteiger partial charge in [-0.25, -0.2) is 0 Å². The highest BCUT2D eigenvalue weighted by atomic mass is 16.5. The first-order valence-electron chi connectivity index (χ1n) is 4.64. The molecule has 0 saturated carbocycles. The molecule has 0 bridgehead atoms. The van der Waals surface area contributed by atoms with E-state index in [-0.39, 0.29) is 18.0 Å². The molecule has 0 saturated heterocycles. The molecule has 0 aromatic heterocycles. The molecule has 2 rings (SSSR count). The van der Waals surface area contributed by atoms with Crippen LogP contribution in [0.3, 0.4) is 0 Å². The van der Waals surface area contributed by atoms with Gasteiger partial charge in [0.1, 0.15) is 17.3 Å². The number of nitrogens with two attached hydrogens (primary N) is 1. The van der Waals surface area contributed by atoms with Crippen molar-refractivity contribution in [2.75, 3.05) is 6.61 Å². The number of phenolic OH excluding ortho intramolecular Hbond substituents is 1. The van der Waals surface area contributed by atoms with Crippen LogP contribution >= 0.6 is 0 Å². The van der Waals surface area contributed by atoms with Crippen LogP contribution in [-0.2, 0) is 12.8 Å². The Morgan fingerprint density at radius 2 is 2.33 bits per heavy atom. The summed E-state index contributed by atoms with van der Waals surface area (Å²) in [6, 6.07) is 3.40. The minimum absolute atomic E-state index is 0.0733. The van der Waals surface area contributed by atoms with Gasteiger partial charge in [-0.1, -0.05) is 5.16 Å². The Morgan fingerprint density at radius 1 is 1.53 bits per heavy atom. The summed E-state index contributed by atoms with van der Waals surface area (Å²) in [4.78, 5) is 0. The van der Waals surface area contributed by atoms with Gasteiger partial charge in [0.15, 0.2) is 0 Å². The van der Waals surface area contributed by atoms with Gasteiger partial charge in [-0.3, -0.25) is 0 Å². The molecule has 0 fully saturated rings. The number of oxime groups is 1. The van der Waals surface area contributed by atoms with Crippen LogP contribution in [0.15, 0.2) is 17.3 Å². The number of amidine groups is 1. The van der Waals surface area contributed by atoms with E-state index in [1.54, 1.807) is 6.07 Å². The first kappa shape index (κ1) is 9.64. The third kappa shape index (κ3) is 1.81. The molecule has 0 unspecified atom stereocenters. The summed E-state index contributed by atoms with van der Waals surface area (Å²) in [6.45, 7) is 0.641. The maximum absolute atomic E-state index is 9.65. The number of aromatic hydroxyl groups is 1. The Balaban J connectivity index is 2.32. The van der Waals surface area contributed by atoms with Crippen molar-refractivity contribution in [1.82, 2.24) is 0 Å². The van der Waals surface area contributed by atoms with Crippen LogP contribution in [0.25, 0.3) is 0 Å². The highest BCUT2D eigenvalue weighted by Crippen LogP contribution is 2.32. The van der Waals surface area contributed by atoms with Gasteiger partial charge in [-0.2, -0.15) is 0 Å². The Bertz CT molecular complexity index is 415. The first-order chi connectivity index (χ1) is 7.20. The minimum atomic E-state index is 0.0733. The highest BCUT2D eigenvalue weighted by molar-refractivity contribution is 5.82. The molecule has 5 nitrogen and oxygen atoms in total. The molecule has 1 aliphatic rings. The van der Waals surface area contributed by atoms with Crippen molar-refractivity contribution in [3.8, 4) is 11.5 Å². The minimum Gasteiger partial charge on any atom is -0.508 e. The van der Waals surface area contributed by atoms with E-state index in [1.165, 1.54) is 0 Å². The topological polar surface area (TPSA) is 88.1 Å². The molecule has 0 atom stereocenters. The maximum atomic E-state index is 9.65. The maximum Gasteiger partial charge on any atom is 0.143 e. The van der Waals surface area contributed by atoms with Gasteiger partial charge in [0, 0.05) is 24.5 Å². The third-order valence-corrected chi connectivity index (χ3v) is 2.39. The lowest BCUT2D eigenvalue weighted by atomic mass is 10.0. The largest absolute Gasteiger partial charge is 0.508 e. The SMILES string of the molecule is N/C(Cc1cc2c(cc1O)OCC2)=N\O. The molecular weight excluding hydrogens is 196 g/mol. The molecule has 5 heteroatoms. The second-order valence-electron chi connectivity index (χ2n) is 3.46. The second-order valence-corrected chi connectivity index (χ2v) is 3.46. The Hall–Kier alpha value is -1.91. The standard InChI is InChI=1S/C10H12N2O3/c11-10(12-14)4-7-3-6-1-2-15-9(6)5-8(7)13/h3,5,13-14H,1-2,4H2,(H2,11,12). The summed E-state index contributed by atoms with van der Waals surface area (Å²) < 4.78 is 5.29. The fraction of sp³-hybridized carbons (Fsp3) is 0.300. The van der Waals surface area contributed by atoms with Crippen LogP contribution in [0.2, 0.25) is 0 Å². The summed E-state index contributed by atoms with van der Waals surface area (Å²) >= 11 is 0. The molecule has 1 aliphatic heterocycles. The number of benzene rings is 1. The van der Waals surface area contributed by atoms with E-state index in [1.807, 2.05) is 6.07 Å². The van der Waals surface area contributed by atoms with Crippen molar-refractivity contribution in [2.24, 2.45) is 10.9 Å². The van der Waals surface area contributed by atoms with Crippen molar-refractivity contribution in [1.29, 1.82) is 0 Å². The zero-order chi connectivity index (χ0) is 10.8. The van der Waals surface area contributed by atoms with E-state index in [0.717, 1.165) is 17.7 Å². The fourth-order valence-electron chi connectivity index (χ4n) is 1.64. The van der Waals surface area contributed by atoms with E-state index < -0.39 is 0 Å². The van der Waals surface area contributed by atoms with Crippen LogP contribution in [-0.4, -0.2) is 22.8 Å². The van der Waals surface area contributed by atoms with Crippen LogP contribution in [0.5, 0.6) is 11.5 Å². The molecular formula is C10H12N2O3. The summed E-state index contributed by atoms with van der Waals surface area (Å²) in [6.07, 6.45) is 1.06. The number of rotatable bonds is 2. The Morgan fingerprint density at radius 3 is 3.07 bits per heavy atom. The number of fused-ring (bicyclic) bond motifs is 1. The molecule has 0 aliphatic carbocycles. The number of hydrogen-bond donors (Lipinski definition) is 3. The van der Waals surface area contributed by atoms with Crippen LogP contribution in [0.4, 0.5) is 0 Å². The summed E-state index contributed by atoms with van der Waals surface area (Å²) in [5, 5.41) is 21.0. The molecule has 0 spiro atoms. The number of nitrogens with zero attached hydrogens (tertiary/aromatic N) is 1. The van der Waals surface area contributed by atoms with E-state index in [4.69, 9.17) is 15.7 Å². The van der Waals surface area contributed by atoms with Crippen molar-refractivity contribution >= 4 is 5.84 Å². The summed E-state index contributed by atoms with van der Waals surface area (Å²) in [5.74, 6) is 0.905. The van der Waals surface area contributed by atoms with Crippen molar-refractivity contribution in [3.63, 3.8) is 0 Å². The van der Waals surface area contributed by atoms with E-state index in [9.17, 15) is 5.11 Å². The van der Waals surface area contributed by atoms with Crippen LogP contribution < -0.4 is 10.5 Å². The summed E-state index contributed by atoms with van der Waals surface area (Å²) in [7, 11) is 0. The van der Waals surface area contributed by atoms with Gasteiger partial charge in [-0.15, -0.1) is 0 Å². The average molecular weight is 208 g/mol. The molecule has 1 heterocycles. The zero-order valence-corrected chi connectivity index (χ0v) is 8.10. The monoisotopic (exact) mass is 208 g/mol. The molecule has 80 valence electrons. The van der Waals surface area contributed by atoms with E-state index in [2.05, 4.69) is 5.16 Å². The van der Waals surface area contributed by atoms with Crippen molar-refractivity contribution in [3.05, 3.63) is 23.3 Å². The number of hydrogen-bond acceptors (Lipinski definition) is 4. The second kappa shape index (κ2) is 3.68. The number of ether oxygens (including phenoxy) is 1. The Kier molecular flexibility index (Phi) is 2.37. The van der Waals surface area contributed by atoms with Gasteiger partial charge in [-0.05, 0) is 11.6 Å². The number of phenols is 1. The van der Waals surface area contributed by atoms with E-state index >= 15 is 0 Å². The molecule has 0 amide bonds.